The molecule has 0 aromatic heterocycles. The van der Waals surface area contributed by atoms with Crippen molar-refractivity contribution in [2.24, 2.45) is 0 Å². The van der Waals surface area contributed by atoms with Gasteiger partial charge in [-0.05, 0) is 48.0 Å². The van der Waals surface area contributed by atoms with E-state index in [0.717, 1.165) is 5.56 Å². The van der Waals surface area contributed by atoms with Gasteiger partial charge >= 0.3 is 0 Å². The maximum atomic E-state index is 12.8. The van der Waals surface area contributed by atoms with Gasteiger partial charge in [-0.15, -0.1) is 0 Å². The van der Waals surface area contributed by atoms with Crippen LogP contribution in [0.1, 0.15) is 26.3 Å². The van der Waals surface area contributed by atoms with Crippen LogP contribution in [0.3, 0.4) is 0 Å². The molecule has 1 N–H and O–H groups in total. The first-order valence-electron chi connectivity index (χ1n) is 6.40. The average molecular weight is 283 g/mol. The van der Waals surface area contributed by atoms with Crippen LogP contribution in [-0.4, -0.2) is 18.7 Å². The highest BCUT2D eigenvalue weighted by molar-refractivity contribution is 6.06. The molecule has 0 unspecified atom stereocenters. The number of amides is 1. The van der Waals surface area contributed by atoms with Gasteiger partial charge in [-0.25, -0.2) is 4.39 Å². The number of carbonyl (C=O) groups is 2. The fourth-order valence-electron chi connectivity index (χ4n) is 1.77. The predicted molar refractivity (Wildman–Crippen MR) is 79.6 cm³/mol. The molecule has 106 valence electrons. The van der Waals surface area contributed by atoms with Crippen molar-refractivity contribution in [3.05, 3.63) is 77.1 Å². The molecule has 2 aromatic rings. The van der Waals surface area contributed by atoms with Crippen LogP contribution in [0.2, 0.25) is 0 Å². The molecule has 0 radical (unpaired) electrons. The molecule has 0 saturated carbocycles. The van der Waals surface area contributed by atoms with Gasteiger partial charge in [0, 0.05) is 18.2 Å². The number of hydrogen-bond donors (Lipinski definition) is 1. The minimum atomic E-state index is -0.375. The maximum Gasteiger partial charge on any atom is 0.251 e. The Labute approximate surface area is 122 Å². The Morgan fingerprint density at radius 3 is 2.10 bits per heavy atom. The second-order valence-corrected chi connectivity index (χ2v) is 4.41. The molecule has 2 rings (SSSR count). The van der Waals surface area contributed by atoms with Crippen molar-refractivity contribution in [3.8, 4) is 0 Å². The molecule has 0 aliphatic rings. The second-order valence-electron chi connectivity index (χ2n) is 4.41. The van der Waals surface area contributed by atoms with Crippen molar-refractivity contribution < 1.29 is 14.0 Å². The van der Waals surface area contributed by atoms with Crippen molar-refractivity contribution >= 4 is 17.8 Å². The largest absolute Gasteiger partial charge is 0.355 e. The lowest BCUT2D eigenvalue weighted by molar-refractivity contribution is 0.0962. The predicted octanol–water partition coefficient (Wildman–Crippen LogP) is 3.08. The summed E-state index contributed by atoms with van der Waals surface area (Å²) < 4.78 is 12.8. The normalized spacial score (nSPS) is 10.6. The van der Waals surface area contributed by atoms with Crippen LogP contribution in [0.25, 0.3) is 6.08 Å². The van der Waals surface area contributed by atoms with Gasteiger partial charge < -0.3 is 5.32 Å². The Balaban J connectivity index is 2.08. The summed E-state index contributed by atoms with van der Waals surface area (Å²) in [5, 5.41) is 2.54. The van der Waals surface area contributed by atoms with Gasteiger partial charge in [0.1, 0.15) is 5.82 Å². The van der Waals surface area contributed by atoms with E-state index in [2.05, 4.69) is 5.32 Å². The molecule has 0 aliphatic carbocycles. The third-order valence-electron chi connectivity index (χ3n) is 2.96. The minimum Gasteiger partial charge on any atom is -0.355 e. The maximum absolute atomic E-state index is 12.8. The zero-order chi connectivity index (χ0) is 15.2. The van der Waals surface area contributed by atoms with Gasteiger partial charge in [-0.3, -0.25) is 9.59 Å². The Morgan fingerprint density at radius 1 is 0.952 bits per heavy atom. The van der Waals surface area contributed by atoms with Crippen molar-refractivity contribution in [1.29, 1.82) is 0 Å². The van der Waals surface area contributed by atoms with Gasteiger partial charge in [-0.1, -0.05) is 18.2 Å². The summed E-state index contributed by atoms with van der Waals surface area (Å²) in [6, 6.07) is 12.2. The quantitative estimate of drug-likeness (QED) is 0.692. The number of halogens is 1. The van der Waals surface area contributed by atoms with E-state index in [1.165, 1.54) is 30.3 Å². The van der Waals surface area contributed by atoms with Crippen molar-refractivity contribution in [2.45, 2.75) is 0 Å². The lowest BCUT2D eigenvalue weighted by atomic mass is 10.1. The zero-order valence-corrected chi connectivity index (χ0v) is 11.5. The molecule has 0 heterocycles. The number of rotatable bonds is 4. The summed E-state index contributed by atoms with van der Waals surface area (Å²) >= 11 is 0. The standard InChI is InChI=1S/C17H14FNO2/c1-19-17(21)14-5-2-12(3-6-14)4-11-16(20)13-7-9-15(18)10-8-13/h2-11H,1H3,(H,19,21). The summed E-state index contributed by atoms with van der Waals surface area (Å²) in [6.07, 6.45) is 3.07. The summed E-state index contributed by atoms with van der Waals surface area (Å²) in [7, 11) is 1.57. The first-order valence-corrected chi connectivity index (χ1v) is 6.40. The lowest BCUT2D eigenvalue weighted by Gasteiger charge is -2.00. The highest BCUT2D eigenvalue weighted by Gasteiger charge is 2.03. The van der Waals surface area contributed by atoms with Crippen LogP contribution in [0, 0.1) is 5.82 Å². The monoisotopic (exact) mass is 283 g/mol. The first kappa shape index (κ1) is 14.7. The summed E-state index contributed by atoms with van der Waals surface area (Å²) in [5.41, 5.74) is 1.78. The molecule has 0 spiro atoms. The Hall–Kier alpha value is -2.75. The molecular formula is C17H14FNO2. The third kappa shape index (κ3) is 3.86. The van der Waals surface area contributed by atoms with E-state index < -0.39 is 0 Å². The number of benzene rings is 2. The van der Waals surface area contributed by atoms with Crippen LogP contribution >= 0.6 is 0 Å². The number of nitrogens with one attached hydrogen (secondary N) is 1. The summed E-state index contributed by atoms with van der Waals surface area (Å²) in [6.45, 7) is 0. The second kappa shape index (κ2) is 6.61. The van der Waals surface area contributed by atoms with Crippen LogP contribution in [0.5, 0.6) is 0 Å². The fraction of sp³-hybridized carbons (Fsp3) is 0.0588. The molecule has 1 amide bonds. The Morgan fingerprint density at radius 2 is 1.52 bits per heavy atom. The van der Waals surface area contributed by atoms with Crippen LogP contribution in [0.4, 0.5) is 4.39 Å². The molecule has 0 atom stereocenters. The van der Waals surface area contributed by atoms with Gasteiger partial charge in [0.05, 0.1) is 0 Å². The van der Waals surface area contributed by atoms with Crippen molar-refractivity contribution in [2.75, 3.05) is 7.05 Å². The third-order valence-corrected chi connectivity index (χ3v) is 2.96. The molecule has 4 heteroatoms. The van der Waals surface area contributed by atoms with Crippen LogP contribution < -0.4 is 5.32 Å². The van der Waals surface area contributed by atoms with Crippen LogP contribution in [0.15, 0.2) is 54.6 Å². The van der Waals surface area contributed by atoms with Crippen molar-refractivity contribution in [1.82, 2.24) is 5.32 Å². The summed E-state index contributed by atoms with van der Waals surface area (Å²) in [5.74, 6) is -0.737. The summed E-state index contributed by atoms with van der Waals surface area (Å²) in [4.78, 5) is 23.3. The van der Waals surface area contributed by atoms with Gasteiger partial charge in [-0.2, -0.15) is 0 Å². The molecule has 3 nitrogen and oxygen atoms in total. The van der Waals surface area contributed by atoms with Gasteiger partial charge in [0.2, 0.25) is 0 Å². The number of allylic oxidation sites excluding steroid dienone is 1. The van der Waals surface area contributed by atoms with E-state index in [4.69, 9.17) is 0 Å². The molecule has 21 heavy (non-hydrogen) atoms. The van der Waals surface area contributed by atoms with E-state index in [1.807, 2.05) is 0 Å². The highest BCUT2D eigenvalue weighted by Crippen LogP contribution is 2.09. The molecular weight excluding hydrogens is 269 g/mol. The van der Waals surface area contributed by atoms with E-state index in [9.17, 15) is 14.0 Å². The molecule has 0 aliphatic heterocycles. The first-order chi connectivity index (χ1) is 10.1. The highest BCUT2D eigenvalue weighted by atomic mass is 19.1. The fourth-order valence-corrected chi connectivity index (χ4v) is 1.77. The number of ketones is 1. The number of hydrogen-bond acceptors (Lipinski definition) is 2. The minimum absolute atomic E-state index is 0.159. The SMILES string of the molecule is CNC(=O)c1ccc(C=CC(=O)c2ccc(F)cc2)cc1. The Kier molecular flexibility index (Phi) is 4.61. The number of carbonyl (C=O) groups excluding carboxylic acids is 2. The topological polar surface area (TPSA) is 46.2 Å². The zero-order valence-electron chi connectivity index (χ0n) is 11.5. The Bertz CT molecular complexity index is 673. The average Bonchev–Trinajstić information content (AvgIpc) is 2.53. The van der Waals surface area contributed by atoms with E-state index in [0.29, 0.717) is 11.1 Å². The van der Waals surface area contributed by atoms with E-state index in [-0.39, 0.29) is 17.5 Å². The lowest BCUT2D eigenvalue weighted by Crippen LogP contribution is -2.17. The van der Waals surface area contributed by atoms with Crippen LogP contribution in [-0.2, 0) is 0 Å². The van der Waals surface area contributed by atoms with Crippen molar-refractivity contribution in [3.63, 3.8) is 0 Å². The van der Waals surface area contributed by atoms with Gasteiger partial charge in [0.25, 0.3) is 5.91 Å². The smallest absolute Gasteiger partial charge is 0.251 e. The molecule has 0 bridgehead atoms. The molecule has 0 fully saturated rings. The molecule has 2 aromatic carbocycles. The molecule has 0 saturated heterocycles. The van der Waals surface area contributed by atoms with E-state index >= 15 is 0 Å². The van der Waals surface area contributed by atoms with E-state index in [1.54, 1.807) is 37.4 Å². The van der Waals surface area contributed by atoms with Gasteiger partial charge in [0.15, 0.2) is 5.78 Å².